The fraction of sp³-hybridized carbons (Fsp3) is 0.467. The van der Waals surface area contributed by atoms with Crippen molar-refractivity contribution in [3.63, 3.8) is 0 Å². The zero-order valence-corrected chi connectivity index (χ0v) is 21.6. The van der Waals surface area contributed by atoms with E-state index in [-0.39, 0.29) is 0 Å². The first kappa shape index (κ1) is 25.8. The van der Waals surface area contributed by atoms with E-state index < -0.39 is 11.8 Å². The first-order valence-corrected chi connectivity index (χ1v) is 13.4. The zero-order chi connectivity index (χ0) is 25.3. The number of hydrogen-bond donors (Lipinski definition) is 2. The minimum atomic E-state index is -0.850. The highest BCUT2D eigenvalue weighted by atomic mass is 16.2. The molecule has 36 heavy (non-hydrogen) atoms. The third kappa shape index (κ3) is 6.90. The topological polar surface area (TPSA) is 82.9 Å². The molecule has 0 heterocycles. The Hall–Kier alpha value is -3.28. The van der Waals surface area contributed by atoms with Crippen LogP contribution in [0.3, 0.4) is 0 Å². The molecule has 2 aliphatic rings. The summed E-state index contributed by atoms with van der Waals surface area (Å²) in [5.41, 5.74) is 10.5. The van der Waals surface area contributed by atoms with Crippen molar-refractivity contribution in [1.82, 2.24) is 10.9 Å². The molecule has 0 bridgehead atoms. The molecule has 0 aliphatic heterocycles. The van der Waals surface area contributed by atoms with Crippen LogP contribution in [0.5, 0.6) is 0 Å². The van der Waals surface area contributed by atoms with Gasteiger partial charge in [0, 0.05) is 0 Å². The summed E-state index contributed by atoms with van der Waals surface area (Å²) in [7, 11) is 0. The van der Waals surface area contributed by atoms with E-state index >= 15 is 0 Å². The molecule has 4 rings (SSSR count). The van der Waals surface area contributed by atoms with Gasteiger partial charge < -0.3 is 0 Å². The molecular formula is C30H38N4O2. The average Bonchev–Trinajstić information content (AvgIpc) is 2.95. The molecular weight excluding hydrogens is 448 g/mol. The van der Waals surface area contributed by atoms with E-state index in [1.807, 2.05) is 38.1 Å². The lowest BCUT2D eigenvalue weighted by Gasteiger charge is -2.22. The minimum Gasteiger partial charge on any atom is -0.262 e. The molecule has 0 spiro atoms. The van der Waals surface area contributed by atoms with E-state index in [4.69, 9.17) is 0 Å². The van der Waals surface area contributed by atoms with Crippen LogP contribution in [0.1, 0.15) is 112 Å². The molecule has 190 valence electrons. The summed E-state index contributed by atoms with van der Waals surface area (Å²) in [6, 6.07) is 16.7. The van der Waals surface area contributed by atoms with Crippen LogP contribution in [-0.2, 0) is 9.59 Å². The lowest BCUT2D eigenvalue weighted by Crippen LogP contribution is -2.36. The third-order valence-corrected chi connectivity index (χ3v) is 7.67. The monoisotopic (exact) mass is 486 g/mol. The molecule has 2 aromatic carbocycles. The van der Waals surface area contributed by atoms with Crippen LogP contribution in [0.15, 0.2) is 58.7 Å². The smallest absolute Gasteiger partial charge is 0.262 e. The molecule has 2 saturated carbocycles. The maximum Gasteiger partial charge on any atom is 0.331 e. The van der Waals surface area contributed by atoms with Crippen LogP contribution in [-0.4, -0.2) is 23.2 Å². The number of nitrogens with zero attached hydrogens (tertiary/aromatic N) is 2. The molecule has 2 aromatic rings. The average molecular weight is 487 g/mol. The van der Waals surface area contributed by atoms with Crippen molar-refractivity contribution in [2.75, 3.05) is 0 Å². The largest absolute Gasteiger partial charge is 0.331 e. The number of benzene rings is 2. The number of carbonyl (C=O) groups excluding carboxylic acids is 2. The Morgan fingerprint density at radius 1 is 0.583 bits per heavy atom. The van der Waals surface area contributed by atoms with Gasteiger partial charge in [-0.3, -0.25) is 9.59 Å². The normalized spacial score (nSPS) is 18.1. The standard InChI is InChI=1S/C30H38N4O2/c1-21(23-13-17-27(18-14-23)25-9-5-3-6-10-25)31-33-29(35)30(36)34-32-22(2)24-15-19-28(20-16-24)26-11-7-4-8-12-26/h13-20,25-26H,3-12H2,1-2H3,(H,33,35)(H,34,36). The SMILES string of the molecule is CC(=NNC(=O)C(=O)NN=C(C)c1ccc(C2CCCCC2)cc1)c1ccc(C2CCCCC2)cc1. The highest BCUT2D eigenvalue weighted by Crippen LogP contribution is 2.33. The second-order valence-electron chi connectivity index (χ2n) is 10.2. The molecule has 6 heteroatoms. The van der Waals surface area contributed by atoms with Crippen LogP contribution in [0.2, 0.25) is 0 Å². The van der Waals surface area contributed by atoms with Gasteiger partial charge in [0.25, 0.3) is 0 Å². The van der Waals surface area contributed by atoms with Gasteiger partial charge in [-0.05, 0) is 73.6 Å². The van der Waals surface area contributed by atoms with E-state index in [2.05, 4.69) is 45.3 Å². The van der Waals surface area contributed by atoms with Crippen molar-refractivity contribution in [1.29, 1.82) is 0 Å². The summed E-state index contributed by atoms with van der Waals surface area (Å²) < 4.78 is 0. The van der Waals surface area contributed by atoms with E-state index in [0.717, 1.165) is 11.1 Å². The molecule has 2 N–H and O–H groups in total. The number of hydrazone groups is 2. The van der Waals surface area contributed by atoms with Gasteiger partial charge in [0.2, 0.25) is 0 Å². The molecule has 2 aliphatic carbocycles. The van der Waals surface area contributed by atoms with Crippen molar-refractivity contribution in [2.24, 2.45) is 10.2 Å². The Bertz CT molecular complexity index is 1000. The summed E-state index contributed by atoms with van der Waals surface area (Å²) in [6.45, 7) is 3.63. The summed E-state index contributed by atoms with van der Waals surface area (Å²) in [4.78, 5) is 24.4. The maximum atomic E-state index is 12.2. The second kappa shape index (κ2) is 12.6. The Labute approximate surface area is 214 Å². The van der Waals surface area contributed by atoms with E-state index in [1.54, 1.807) is 0 Å². The first-order valence-electron chi connectivity index (χ1n) is 13.4. The van der Waals surface area contributed by atoms with Gasteiger partial charge in [-0.25, -0.2) is 10.9 Å². The molecule has 2 amide bonds. The summed E-state index contributed by atoms with van der Waals surface area (Å²) in [6.07, 6.45) is 12.9. The highest BCUT2D eigenvalue weighted by Gasteiger charge is 2.17. The van der Waals surface area contributed by atoms with Crippen LogP contribution in [0.25, 0.3) is 0 Å². The number of rotatable bonds is 6. The Kier molecular flexibility index (Phi) is 9.04. The fourth-order valence-electron chi connectivity index (χ4n) is 5.36. The fourth-order valence-corrected chi connectivity index (χ4v) is 5.36. The van der Waals surface area contributed by atoms with Crippen LogP contribution in [0, 0.1) is 0 Å². The quantitative estimate of drug-likeness (QED) is 0.291. The lowest BCUT2D eigenvalue weighted by molar-refractivity contribution is -0.139. The predicted molar refractivity (Wildman–Crippen MR) is 145 cm³/mol. The third-order valence-electron chi connectivity index (χ3n) is 7.67. The van der Waals surface area contributed by atoms with Crippen molar-refractivity contribution in [3.8, 4) is 0 Å². The van der Waals surface area contributed by atoms with Crippen molar-refractivity contribution in [2.45, 2.75) is 89.9 Å². The van der Waals surface area contributed by atoms with Gasteiger partial charge in [-0.2, -0.15) is 10.2 Å². The van der Waals surface area contributed by atoms with Crippen LogP contribution in [0.4, 0.5) is 0 Å². The summed E-state index contributed by atoms with van der Waals surface area (Å²) >= 11 is 0. The van der Waals surface area contributed by atoms with Crippen LogP contribution < -0.4 is 10.9 Å². The van der Waals surface area contributed by atoms with E-state index in [9.17, 15) is 9.59 Å². The first-order chi connectivity index (χ1) is 17.5. The van der Waals surface area contributed by atoms with Gasteiger partial charge in [-0.15, -0.1) is 0 Å². The van der Waals surface area contributed by atoms with E-state index in [0.29, 0.717) is 23.3 Å². The molecule has 6 nitrogen and oxygen atoms in total. The molecule has 0 atom stereocenters. The van der Waals surface area contributed by atoms with Gasteiger partial charge in [0.05, 0.1) is 11.4 Å². The zero-order valence-electron chi connectivity index (χ0n) is 21.6. The van der Waals surface area contributed by atoms with Gasteiger partial charge in [-0.1, -0.05) is 87.1 Å². The van der Waals surface area contributed by atoms with Gasteiger partial charge in [0.1, 0.15) is 0 Å². The number of hydrogen-bond acceptors (Lipinski definition) is 4. The highest BCUT2D eigenvalue weighted by molar-refractivity contribution is 6.35. The predicted octanol–water partition coefficient (Wildman–Crippen LogP) is 6.16. The lowest BCUT2D eigenvalue weighted by atomic mass is 9.84. The number of amides is 2. The van der Waals surface area contributed by atoms with Gasteiger partial charge >= 0.3 is 11.8 Å². The number of nitrogens with one attached hydrogen (secondary N) is 2. The molecule has 2 fully saturated rings. The van der Waals surface area contributed by atoms with E-state index in [1.165, 1.54) is 75.3 Å². The molecule has 0 unspecified atom stereocenters. The molecule has 0 radical (unpaired) electrons. The Balaban J connectivity index is 1.27. The maximum absolute atomic E-state index is 12.2. The minimum absolute atomic E-state index is 0.643. The Morgan fingerprint density at radius 2 is 0.917 bits per heavy atom. The summed E-state index contributed by atoms with van der Waals surface area (Å²) in [5.74, 6) is -0.408. The van der Waals surface area contributed by atoms with Crippen molar-refractivity contribution >= 4 is 23.2 Å². The molecule has 0 aromatic heterocycles. The second-order valence-corrected chi connectivity index (χ2v) is 10.2. The van der Waals surface area contributed by atoms with Gasteiger partial charge in [0.15, 0.2) is 0 Å². The Morgan fingerprint density at radius 3 is 1.25 bits per heavy atom. The summed E-state index contributed by atoms with van der Waals surface area (Å²) in [5, 5.41) is 8.21. The van der Waals surface area contributed by atoms with Crippen molar-refractivity contribution in [3.05, 3.63) is 70.8 Å². The molecule has 0 saturated heterocycles. The van der Waals surface area contributed by atoms with Crippen LogP contribution >= 0.6 is 0 Å². The van der Waals surface area contributed by atoms with Crippen molar-refractivity contribution < 1.29 is 9.59 Å². The number of carbonyl (C=O) groups is 2.